The van der Waals surface area contributed by atoms with Crippen molar-refractivity contribution in [3.63, 3.8) is 0 Å². The molecule has 0 aliphatic heterocycles. The zero-order chi connectivity index (χ0) is 7.11. The zero-order valence-electron chi connectivity index (χ0n) is 5.89. The van der Waals surface area contributed by atoms with Crippen LogP contribution in [-0.2, 0) is 0 Å². The second-order valence-corrected chi connectivity index (χ2v) is 1.94. The van der Waals surface area contributed by atoms with Crippen molar-refractivity contribution < 1.29 is 0 Å². The van der Waals surface area contributed by atoms with Crippen LogP contribution in [0.25, 0.3) is 0 Å². The van der Waals surface area contributed by atoms with Crippen LogP contribution in [0.3, 0.4) is 0 Å². The van der Waals surface area contributed by atoms with E-state index in [4.69, 9.17) is 5.41 Å². The SMILES string of the molecule is CCC(C)/C=N\NC=N. The van der Waals surface area contributed by atoms with Crippen LogP contribution < -0.4 is 5.43 Å². The van der Waals surface area contributed by atoms with E-state index < -0.39 is 0 Å². The van der Waals surface area contributed by atoms with Gasteiger partial charge in [-0.25, -0.2) is 0 Å². The Labute approximate surface area is 55.7 Å². The van der Waals surface area contributed by atoms with E-state index in [1.54, 1.807) is 6.21 Å². The Bertz CT molecular complexity index is 98.5. The first-order valence-electron chi connectivity index (χ1n) is 3.09. The topological polar surface area (TPSA) is 48.2 Å². The molecule has 0 radical (unpaired) electrons. The van der Waals surface area contributed by atoms with Crippen molar-refractivity contribution >= 4 is 12.6 Å². The molecule has 52 valence electrons. The van der Waals surface area contributed by atoms with E-state index in [0.717, 1.165) is 12.8 Å². The minimum absolute atomic E-state index is 0.498. The number of hydrogen-bond acceptors (Lipinski definition) is 2. The summed E-state index contributed by atoms with van der Waals surface area (Å²) in [5.41, 5.74) is 2.42. The van der Waals surface area contributed by atoms with Crippen LogP contribution in [0, 0.1) is 11.3 Å². The van der Waals surface area contributed by atoms with Crippen LogP contribution in [0.2, 0.25) is 0 Å². The van der Waals surface area contributed by atoms with Gasteiger partial charge < -0.3 is 0 Å². The molecular weight excluding hydrogens is 114 g/mol. The molecule has 0 bridgehead atoms. The number of nitrogens with one attached hydrogen (secondary N) is 2. The molecule has 0 aliphatic carbocycles. The van der Waals surface area contributed by atoms with Crippen molar-refractivity contribution in [3.8, 4) is 0 Å². The molecular formula is C6H13N3. The highest BCUT2D eigenvalue weighted by Gasteiger charge is 1.89. The minimum Gasteiger partial charge on any atom is -0.290 e. The summed E-state index contributed by atoms with van der Waals surface area (Å²) in [7, 11) is 0. The molecule has 0 saturated heterocycles. The zero-order valence-corrected chi connectivity index (χ0v) is 5.89. The van der Waals surface area contributed by atoms with Gasteiger partial charge in [-0.1, -0.05) is 13.8 Å². The lowest BCUT2D eigenvalue weighted by molar-refractivity contribution is 0.748. The number of nitrogens with zero attached hydrogens (tertiary/aromatic N) is 1. The summed E-state index contributed by atoms with van der Waals surface area (Å²) in [5, 5.41) is 10.3. The minimum atomic E-state index is 0.498. The van der Waals surface area contributed by atoms with Crippen LogP contribution in [0.1, 0.15) is 20.3 Å². The van der Waals surface area contributed by atoms with Crippen molar-refractivity contribution in [1.29, 1.82) is 5.41 Å². The third-order valence-electron chi connectivity index (χ3n) is 1.11. The Morgan fingerprint density at radius 1 is 1.78 bits per heavy atom. The lowest BCUT2D eigenvalue weighted by Crippen LogP contribution is -2.03. The van der Waals surface area contributed by atoms with Gasteiger partial charge >= 0.3 is 0 Å². The Balaban J connectivity index is 3.31. The molecule has 3 heteroatoms. The second kappa shape index (κ2) is 5.28. The summed E-state index contributed by atoms with van der Waals surface area (Å²) in [6, 6.07) is 0. The van der Waals surface area contributed by atoms with Gasteiger partial charge in [-0.05, 0) is 12.3 Å². The quantitative estimate of drug-likeness (QED) is 0.333. The summed E-state index contributed by atoms with van der Waals surface area (Å²) in [6.07, 6.45) is 3.94. The van der Waals surface area contributed by atoms with E-state index in [-0.39, 0.29) is 0 Å². The average molecular weight is 127 g/mol. The maximum atomic E-state index is 6.55. The van der Waals surface area contributed by atoms with Crippen LogP contribution in [-0.4, -0.2) is 12.6 Å². The van der Waals surface area contributed by atoms with Crippen LogP contribution >= 0.6 is 0 Å². The molecule has 3 nitrogen and oxygen atoms in total. The highest BCUT2D eigenvalue weighted by Crippen LogP contribution is 1.93. The van der Waals surface area contributed by atoms with Crippen LogP contribution in [0.5, 0.6) is 0 Å². The fraction of sp³-hybridized carbons (Fsp3) is 0.667. The number of hydrazone groups is 1. The summed E-state index contributed by atoms with van der Waals surface area (Å²) in [5.74, 6) is 0.498. The molecule has 0 aromatic carbocycles. The smallest absolute Gasteiger partial charge is 0.0998 e. The molecule has 0 fully saturated rings. The molecule has 1 unspecified atom stereocenters. The van der Waals surface area contributed by atoms with Gasteiger partial charge in [-0.2, -0.15) is 5.10 Å². The van der Waals surface area contributed by atoms with Gasteiger partial charge in [0.15, 0.2) is 0 Å². The average Bonchev–Trinajstić information content (AvgIpc) is 1.89. The van der Waals surface area contributed by atoms with Crippen molar-refractivity contribution in [2.45, 2.75) is 20.3 Å². The molecule has 0 aromatic heterocycles. The highest BCUT2D eigenvalue weighted by molar-refractivity contribution is 5.62. The van der Waals surface area contributed by atoms with Crippen molar-refractivity contribution in [3.05, 3.63) is 0 Å². The Morgan fingerprint density at radius 2 is 2.44 bits per heavy atom. The van der Waals surface area contributed by atoms with Crippen LogP contribution in [0.15, 0.2) is 5.10 Å². The van der Waals surface area contributed by atoms with Gasteiger partial charge in [0.2, 0.25) is 0 Å². The van der Waals surface area contributed by atoms with Gasteiger partial charge in [-0.15, -0.1) is 0 Å². The molecule has 0 aromatic rings. The molecule has 0 aliphatic rings. The Hall–Kier alpha value is -0.860. The maximum Gasteiger partial charge on any atom is 0.0998 e. The lowest BCUT2D eigenvalue weighted by atomic mass is 10.1. The number of rotatable bonds is 4. The normalized spacial score (nSPS) is 13.6. The third kappa shape index (κ3) is 5.00. The first kappa shape index (κ1) is 8.14. The van der Waals surface area contributed by atoms with E-state index in [1.165, 1.54) is 0 Å². The van der Waals surface area contributed by atoms with Crippen molar-refractivity contribution in [2.75, 3.05) is 0 Å². The van der Waals surface area contributed by atoms with Gasteiger partial charge in [0, 0.05) is 6.21 Å². The standard InChI is InChI=1S/C6H13N3/c1-3-6(2)4-8-9-5-7/h4-6H,3H2,1-2H3,(H2,7,9)/b8-4-. The molecule has 1 atom stereocenters. The van der Waals surface area contributed by atoms with E-state index >= 15 is 0 Å². The maximum absolute atomic E-state index is 6.55. The second-order valence-electron chi connectivity index (χ2n) is 1.94. The summed E-state index contributed by atoms with van der Waals surface area (Å²) in [4.78, 5) is 0. The molecule has 0 rings (SSSR count). The summed E-state index contributed by atoms with van der Waals surface area (Å²) >= 11 is 0. The van der Waals surface area contributed by atoms with Gasteiger partial charge in [-0.3, -0.25) is 10.8 Å². The predicted octanol–water partition coefficient (Wildman–Crippen LogP) is 1.21. The van der Waals surface area contributed by atoms with E-state index in [9.17, 15) is 0 Å². The Morgan fingerprint density at radius 3 is 2.89 bits per heavy atom. The fourth-order valence-corrected chi connectivity index (χ4v) is 0.313. The molecule has 0 amide bonds. The van der Waals surface area contributed by atoms with Crippen molar-refractivity contribution in [1.82, 2.24) is 5.43 Å². The molecule has 0 saturated carbocycles. The van der Waals surface area contributed by atoms with E-state index in [0.29, 0.717) is 5.92 Å². The summed E-state index contributed by atoms with van der Waals surface area (Å²) in [6.45, 7) is 4.18. The molecule has 9 heavy (non-hydrogen) atoms. The molecule has 2 N–H and O–H groups in total. The van der Waals surface area contributed by atoms with Gasteiger partial charge in [0.1, 0.15) is 0 Å². The number of hydrogen-bond donors (Lipinski definition) is 2. The molecule has 0 heterocycles. The third-order valence-corrected chi connectivity index (χ3v) is 1.11. The largest absolute Gasteiger partial charge is 0.290 e. The van der Waals surface area contributed by atoms with Gasteiger partial charge in [0.05, 0.1) is 6.34 Å². The summed E-state index contributed by atoms with van der Waals surface area (Å²) < 4.78 is 0. The fourth-order valence-electron chi connectivity index (χ4n) is 0.313. The van der Waals surface area contributed by atoms with E-state index in [1.807, 2.05) is 0 Å². The Kier molecular flexibility index (Phi) is 4.78. The molecule has 0 spiro atoms. The van der Waals surface area contributed by atoms with Gasteiger partial charge in [0.25, 0.3) is 0 Å². The lowest BCUT2D eigenvalue weighted by Gasteiger charge is -1.96. The first-order chi connectivity index (χ1) is 4.31. The van der Waals surface area contributed by atoms with Crippen LogP contribution in [0.4, 0.5) is 0 Å². The monoisotopic (exact) mass is 127 g/mol. The van der Waals surface area contributed by atoms with Crippen molar-refractivity contribution in [2.24, 2.45) is 11.0 Å². The highest BCUT2D eigenvalue weighted by atomic mass is 15.3. The predicted molar refractivity (Wildman–Crippen MR) is 39.9 cm³/mol. The van der Waals surface area contributed by atoms with E-state index in [2.05, 4.69) is 24.4 Å². The first-order valence-corrected chi connectivity index (χ1v) is 3.09.